The summed E-state index contributed by atoms with van der Waals surface area (Å²) in [4.78, 5) is 27.1. The minimum atomic E-state index is -0.299. The van der Waals surface area contributed by atoms with Gasteiger partial charge in [-0.25, -0.2) is 0 Å². The fraction of sp³-hybridized carbons (Fsp3) is 0.100. The van der Waals surface area contributed by atoms with E-state index in [2.05, 4.69) is 5.32 Å². The monoisotopic (exact) mass is 384 g/mol. The van der Waals surface area contributed by atoms with Crippen molar-refractivity contribution in [1.29, 1.82) is 0 Å². The molecule has 0 unspecified atom stereocenters. The summed E-state index contributed by atoms with van der Waals surface area (Å²) in [6.45, 7) is -0.0593. The van der Waals surface area contributed by atoms with Crippen LogP contribution in [0.15, 0.2) is 66.0 Å². The lowest BCUT2D eigenvalue weighted by atomic mass is 10.1. The normalized spacial score (nSPS) is 10.4. The van der Waals surface area contributed by atoms with Crippen molar-refractivity contribution < 1.29 is 9.59 Å². The van der Waals surface area contributed by atoms with Gasteiger partial charge in [-0.05, 0) is 29.1 Å². The second-order valence-electron chi connectivity index (χ2n) is 5.72. The molecule has 0 saturated carbocycles. The highest BCUT2D eigenvalue weighted by Gasteiger charge is 2.20. The maximum Gasteiger partial charge on any atom is 0.264 e. The first kappa shape index (κ1) is 18.2. The van der Waals surface area contributed by atoms with Crippen LogP contribution in [0.4, 0.5) is 5.69 Å². The summed E-state index contributed by atoms with van der Waals surface area (Å²) in [5, 5.41) is 5.07. The Labute approximate surface area is 161 Å². The highest BCUT2D eigenvalue weighted by molar-refractivity contribution is 7.12. The van der Waals surface area contributed by atoms with Crippen LogP contribution in [0.25, 0.3) is 11.1 Å². The molecule has 6 heteroatoms. The second kappa shape index (κ2) is 8.17. The Balaban J connectivity index is 1.70. The Bertz CT molecular complexity index is 924. The van der Waals surface area contributed by atoms with E-state index < -0.39 is 0 Å². The smallest absolute Gasteiger partial charge is 0.264 e. The van der Waals surface area contributed by atoms with E-state index in [-0.39, 0.29) is 18.4 Å². The van der Waals surface area contributed by atoms with E-state index in [1.165, 1.54) is 16.2 Å². The van der Waals surface area contributed by atoms with Crippen molar-refractivity contribution in [3.63, 3.8) is 0 Å². The van der Waals surface area contributed by atoms with Gasteiger partial charge in [0.2, 0.25) is 5.91 Å². The van der Waals surface area contributed by atoms with Crippen molar-refractivity contribution in [2.24, 2.45) is 0 Å². The van der Waals surface area contributed by atoms with Crippen molar-refractivity contribution in [3.05, 3.63) is 75.9 Å². The van der Waals surface area contributed by atoms with E-state index >= 15 is 0 Å². The number of hydrogen-bond donors (Lipinski definition) is 1. The number of amides is 2. The SMILES string of the molecule is CN(CC(=O)Nc1ccccc1Cl)C(=O)c1sccc1-c1ccccc1. The van der Waals surface area contributed by atoms with Crippen LogP contribution >= 0.6 is 22.9 Å². The number of hydrogen-bond acceptors (Lipinski definition) is 3. The highest BCUT2D eigenvalue weighted by Crippen LogP contribution is 2.29. The molecule has 0 spiro atoms. The zero-order valence-corrected chi connectivity index (χ0v) is 15.7. The molecule has 1 N–H and O–H groups in total. The lowest BCUT2D eigenvalue weighted by molar-refractivity contribution is -0.116. The molecule has 0 radical (unpaired) electrons. The van der Waals surface area contributed by atoms with Crippen LogP contribution in [-0.2, 0) is 4.79 Å². The van der Waals surface area contributed by atoms with E-state index in [1.54, 1.807) is 31.3 Å². The molecule has 26 heavy (non-hydrogen) atoms. The average Bonchev–Trinajstić information content (AvgIpc) is 3.13. The quantitative estimate of drug-likeness (QED) is 0.688. The molecule has 0 atom stereocenters. The Hall–Kier alpha value is -2.63. The first-order valence-electron chi connectivity index (χ1n) is 7.99. The molecule has 3 rings (SSSR count). The zero-order chi connectivity index (χ0) is 18.5. The molecule has 0 aliphatic carbocycles. The molecule has 1 aromatic heterocycles. The van der Waals surface area contributed by atoms with Gasteiger partial charge >= 0.3 is 0 Å². The number of likely N-dealkylation sites (N-methyl/N-ethyl adjacent to an activating group) is 1. The maximum atomic E-state index is 12.8. The van der Waals surface area contributed by atoms with Gasteiger partial charge in [0, 0.05) is 12.6 Å². The van der Waals surface area contributed by atoms with Gasteiger partial charge in [-0.15, -0.1) is 11.3 Å². The van der Waals surface area contributed by atoms with Gasteiger partial charge in [-0.1, -0.05) is 54.1 Å². The molecule has 0 aliphatic heterocycles. The minimum Gasteiger partial charge on any atom is -0.332 e. The van der Waals surface area contributed by atoms with E-state index in [0.29, 0.717) is 15.6 Å². The molecule has 2 aromatic carbocycles. The zero-order valence-electron chi connectivity index (χ0n) is 14.1. The summed E-state index contributed by atoms with van der Waals surface area (Å²) in [6.07, 6.45) is 0. The largest absolute Gasteiger partial charge is 0.332 e. The van der Waals surface area contributed by atoms with Gasteiger partial charge in [0.25, 0.3) is 5.91 Å². The van der Waals surface area contributed by atoms with E-state index in [9.17, 15) is 9.59 Å². The Morgan fingerprint density at radius 1 is 1.04 bits per heavy atom. The van der Waals surface area contributed by atoms with Crippen LogP contribution in [0, 0.1) is 0 Å². The molecule has 2 amide bonds. The van der Waals surface area contributed by atoms with Crippen molar-refractivity contribution in [3.8, 4) is 11.1 Å². The molecule has 4 nitrogen and oxygen atoms in total. The number of benzene rings is 2. The van der Waals surface area contributed by atoms with Crippen molar-refractivity contribution in [2.45, 2.75) is 0 Å². The second-order valence-corrected chi connectivity index (χ2v) is 7.04. The molecular weight excluding hydrogens is 368 g/mol. The summed E-state index contributed by atoms with van der Waals surface area (Å²) < 4.78 is 0. The Morgan fingerprint density at radius 3 is 2.46 bits per heavy atom. The van der Waals surface area contributed by atoms with Crippen LogP contribution in [0.5, 0.6) is 0 Å². The summed E-state index contributed by atoms with van der Waals surface area (Å²) in [7, 11) is 1.61. The Kier molecular flexibility index (Phi) is 5.71. The fourth-order valence-electron chi connectivity index (χ4n) is 2.53. The third kappa shape index (κ3) is 4.12. The molecule has 0 saturated heterocycles. The molecular formula is C20H17ClN2O2S. The van der Waals surface area contributed by atoms with Gasteiger partial charge in [0.15, 0.2) is 0 Å². The molecule has 0 aliphatic rings. The number of halogens is 1. The van der Waals surface area contributed by atoms with Crippen molar-refractivity contribution in [2.75, 3.05) is 18.9 Å². The number of carbonyl (C=O) groups excluding carboxylic acids is 2. The van der Waals surface area contributed by atoms with Gasteiger partial charge < -0.3 is 10.2 Å². The number of nitrogens with one attached hydrogen (secondary N) is 1. The van der Waals surface area contributed by atoms with Crippen LogP contribution in [0.3, 0.4) is 0 Å². The number of anilines is 1. The lowest BCUT2D eigenvalue weighted by Gasteiger charge is -2.17. The number of thiophene rings is 1. The topological polar surface area (TPSA) is 49.4 Å². The summed E-state index contributed by atoms with van der Waals surface area (Å²) in [5.74, 6) is -0.486. The van der Waals surface area contributed by atoms with Gasteiger partial charge in [0.1, 0.15) is 0 Å². The number of rotatable bonds is 5. The van der Waals surface area contributed by atoms with Crippen LogP contribution in [0.2, 0.25) is 5.02 Å². The summed E-state index contributed by atoms with van der Waals surface area (Å²) in [6, 6.07) is 18.6. The van der Waals surface area contributed by atoms with Gasteiger partial charge in [-0.3, -0.25) is 9.59 Å². The van der Waals surface area contributed by atoms with Crippen LogP contribution < -0.4 is 5.32 Å². The molecule has 1 heterocycles. The predicted molar refractivity (Wildman–Crippen MR) is 107 cm³/mol. The maximum absolute atomic E-state index is 12.8. The summed E-state index contributed by atoms with van der Waals surface area (Å²) >= 11 is 7.41. The lowest BCUT2D eigenvalue weighted by Crippen LogP contribution is -2.34. The Morgan fingerprint density at radius 2 is 1.73 bits per heavy atom. The third-order valence-electron chi connectivity index (χ3n) is 3.82. The van der Waals surface area contributed by atoms with Gasteiger partial charge in [-0.2, -0.15) is 0 Å². The number of carbonyl (C=O) groups is 2. The number of para-hydroxylation sites is 1. The van der Waals surface area contributed by atoms with E-state index in [1.807, 2.05) is 41.8 Å². The number of nitrogens with zero attached hydrogens (tertiary/aromatic N) is 1. The van der Waals surface area contributed by atoms with E-state index in [0.717, 1.165) is 11.1 Å². The van der Waals surface area contributed by atoms with Crippen LogP contribution in [-0.4, -0.2) is 30.3 Å². The van der Waals surface area contributed by atoms with Crippen LogP contribution in [0.1, 0.15) is 9.67 Å². The average molecular weight is 385 g/mol. The fourth-order valence-corrected chi connectivity index (χ4v) is 3.63. The van der Waals surface area contributed by atoms with Crippen molar-refractivity contribution in [1.82, 2.24) is 4.90 Å². The first-order chi connectivity index (χ1) is 12.6. The first-order valence-corrected chi connectivity index (χ1v) is 9.25. The molecule has 0 fully saturated rings. The van der Waals surface area contributed by atoms with Crippen molar-refractivity contribution >= 4 is 40.4 Å². The third-order valence-corrected chi connectivity index (χ3v) is 5.05. The predicted octanol–water partition coefficient (Wildman–Crippen LogP) is 4.78. The minimum absolute atomic E-state index is 0.0593. The molecule has 132 valence electrons. The molecule has 3 aromatic rings. The summed E-state index contributed by atoms with van der Waals surface area (Å²) in [5.41, 5.74) is 2.38. The highest BCUT2D eigenvalue weighted by atomic mass is 35.5. The molecule has 0 bridgehead atoms. The van der Waals surface area contributed by atoms with Gasteiger partial charge in [0.05, 0.1) is 22.1 Å². The van der Waals surface area contributed by atoms with E-state index in [4.69, 9.17) is 11.6 Å². The standard InChI is InChI=1S/C20H17ClN2O2S/c1-23(13-18(24)22-17-10-6-5-9-16(17)21)20(25)19-15(11-12-26-19)14-7-3-2-4-8-14/h2-12H,13H2,1H3,(H,22,24).